The summed E-state index contributed by atoms with van der Waals surface area (Å²) in [6, 6.07) is 9.62. The highest BCUT2D eigenvalue weighted by atomic mass is 35.5. The molecule has 1 heterocycles. The van der Waals surface area contributed by atoms with Crippen molar-refractivity contribution in [2.75, 3.05) is 18.4 Å². The second kappa shape index (κ2) is 7.63. The summed E-state index contributed by atoms with van der Waals surface area (Å²) in [5.41, 5.74) is 0.921. The van der Waals surface area contributed by atoms with E-state index in [1.807, 2.05) is 30.3 Å². The van der Waals surface area contributed by atoms with Gasteiger partial charge in [0.25, 0.3) is 0 Å². The number of hydrogen-bond donors (Lipinski definition) is 3. The molecule has 2 amide bonds. The van der Waals surface area contributed by atoms with Gasteiger partial charge in [-0.1, -0.05) is 18.2 Å². The smallest absolute Gasteiger partial charge is 0.239 e. The Labute approximate surface area is 118 Å². The van der Waals surface area contributed by atoms with Crippen LogP contribution in [0.4, 0.5) is 5.69 Å². The number of para-hydroxylation sites is 1. The van der Waals surface area contributed by atoms with Crippen molar-refractivity contribution in [3.63, 3.8) is 0 Å². The number of benzene rings is 1. The van der Waals surface area contributed by atoms with Gasteiger partial charge in [-0.25, -0.2) is 0 Å². The van der Waals surface area contributed by atoms with E-state index in [0.717, 1.165) is 5.69 Å². The van der Waals surface area contributed by atoms with E-state index in [-0.39, 0.29) is 36.8 Å². The van der Waals surface area contributed by atoms with Crippen molar-refractivity contribution in [2.24, 2.45) is 0 Å². The molecule has 3 N–H and O–H groups in total. The van der Waals surface area contributed by atoms with E-state index in [9.17, 15) is 9.59 Å². The first-order chi connectivity index (χ1) is 8.74. The zero-order valence-corrected chi connectivity index (χ0v) is 11.3. The molecule has 1 aliphatic rings. The Kier molecular flexibility index (Phi) is 6.15. The van der Waals surface area contributed by atoms with E-state index in [1.165, 1.54) is 0 Å². The molecule has 0 bridgehead atoms. The molecule has 104 valence electrons. The molecule has 0 radical (unpaired) electrons. The molecule has 6 heteroatoms. The molecular formula is C13H18ClN3O2. The van der Waals surface area contributed by atoms with Gasteiger partial charge in [-0.05, 0) is 18.6 Å². The molecule has 1 fully saturated rings. The number of amides is 2. The Morgan fingerprint density at radius 1 is 1.32 bits per heavy atom. The maximum absolute atomic E-state index is 11.7. The van der Waals surface area contributed by atoms with Crippen LogP contribution in [-0.2, 0) is 9.59 Å². The molecule has 1 saturated heterocycles. The Bertz CT molecular complexity index is 415. The highest BCUT2D eigenvalue weighted by Gasteiger charge is 2.19. The topological polar surface area (TPSA) is 70.2 Å². The van der Waals surface area contributed by atoms with Gasteiger partial charge in [-0.2, -0.15) is 0 Å². The monoisotopic (exact) mass is 283 g/mol. The predicted octanol–water partition coefficient (Wildman–Crippen LogP) is 0.915. The molecule has 1 aliphatic heterocycles. The summed E-state index contributed by atoms with van der Waals surface area (Å²) in [4.78, 5) is 22.6. The fraction of sp³-hybridized carbons (Fsp3) is 0.385. The largest absolute Gasteiger partial charge is 0.376 e. The van der Waals surface area contributed by atoms with Crippen LogP contribution in [0.3, 0.4) is 0 Å². The van der Waals surface area contributed by atoms with E-state index >= 15 is 0 Å². The zero-order chi connectivity index (χ0) is 12.8. The van der Waals surface area contributed by atoms with Gasteiger partial charge in [0, 0.05) is 24.7 Å². The maximum Gasteiger partial charge on any atom is 0.239 e. The minimum atomic E-state index is -0.0556. The number of piperidine rings is 1. The Morgan fingerprint density at radius 3 is 2.68 bits per heavy atom. The number of rotatable bonds is 4. The van der Waals surface area contributed by atoms with Gasteiger partial charge in [0.15, 0.2) is 0 Å². The summed E-state index contributed by atoms with van der Waals surface area (Å²) < 4.78 is 0. The van der Waals surface area contributed by atoms with Gasteiger partial charge < -0.3 is 16.0 Å². The summed E-state index contributed by atoms with van der Waals surface area (Å²) in [5.74, 6) is 0.00270. The highest BCUT2D eigenvalue weighted by molar-refractivity contribution is 5.85. The molecule has 0 saturated carbocycles. The van der Waals surface area contributed by atoms with Crippen LogP contribution in [0.2, 0.25) is 0 Å². The number of nitrogens with one attached hydrogen (secondary N) is 3. The van der Waals surface area contributed by atoms with Gasteiger partial charge in [-0.3, -0.25) is 9.59 Å². The van der Waals surface area contributed by atoms with Crippen molar-refractivity contribution in [1.29, 1.82) is 0 Å². The number of hydrogen-bond acceptors (Lipinski definition) is 3. The molecule has 1 unspecified atom stereocenters. The van der Waals surface area contributed by atoms with Crippen LogP contribution in [-0.4, -0.2) is 30.9 Å². The van der Waals surface area contributed by atoms with Crippen LogP contribution in [0.15, 0.2) is 30.3 Å². The van der Waals surface area contributed by atoms with Gasteiger partial charge in [-0.15, -0.1) is 12.4 Å². The van der Waals surface area contributed by atoms with Crippen LogP contribution < -0.4 is 16.0 Å². The zero-order valence-electron chi connectivity index (χ0n) is 10.5. The summed E-state index contributed by atoms with van der Waals surface area (Å²) in [7, 11) is 0. The predicted molar refractivity (Wildman–Crippen MR) is 76.4 cm³/mol. The molecule has 1 aromatic rings. The van der Waals surface area contributed by atoms with Crippen molar-refractivity contribution in [1.82, 2.24) is 10.6 Å². The SMILES string of the molecule is Cl.O=C1CCC(NC(=O)CNc2ccccc2)CN1. The van der Waals surface area contributed by atoms with E-state index in [4.69, 9.17) is 0 Å². The third-order valence-electron chi connectivity index (χ3n) is 2.86. The van der Waals surface area contributed by atoms with Gasteiger partial charge in [0.2, 0.25) is 11.8 Å². The van der Waals surface area contributed by atoms with Crippen molar-refractivity contribution in [2.45, 2.75) is 18.9 Å². The summed E-state index contributed by atoms with van der Waals surface area (Å²) in [6.45, 7) is 0.768. The first-order valence-corrected chi connectivity index (χ1v) is 6.09. The third-order valence-corrected chi connectivity index (χ3v) is 2.86. The molecule has 1 atom stereocenters. The third kappa shape index (κ3) is 5.18. The van der Waals surface area contributed by atoms with E-state index < -0.39 is 0 Å². The molecular weight excluding hydrogens is 266 g/mol. The Morgan fingerprint density at radius 2 is 2.05 bits per heavy atom. The maximum atomic E-state index is 11.7. The second-order valence-corrected chi connectivity index (χ2v) is 4.33. The van der Waals surface area contributed by atoms with Gasteiger partial charge in [0.1, 0.15) is 0 Å². The fourth-order valence-electron chi connectivity index (χ4n) is 1.87. The lowest BCUT2D eigenvalue weighted by molar-refractivity contribution is -0.125. The van der Waals surface area contributed by atoms with Crippen LogP contribution >= 0.6 is 12.4 Å². The molecule has 1 aromatic carbocycles. The highest BCUT2D eigenvalue weighted by Crippen LogP contribution is 2.05. The quantitative estimate of drug-likeness (QED) is 0.769. The first-order valence-electron chi connectivity index (χ1n) is 6.09. The number of carbonyl (C=O) groups is 2. The molecule has 2 rings (SSSR count). The van der Waals surface area contributed by atoms with Crippen molar-refractivity contribution < 1.29 is 9.59 Å². The van der Waals surface area contributed by atoms with Crippen molar-refractivity contribution in [3.05, 3.63) is 30.3 Å². The average molecular weight is 284 g/mol. The number of carbonyl (C=O) groups excluding carboxylic acids is 2. The summed E-state index contributed by atoms with van der Waals surface area (Å²) in [6.07, 6.45) is 1.19. The van der Waals surface area contributed by atoms with Crippen LogP contribution in [0.1, 0.15) is 12.8 Å². The molecule has 19 heavy (non-hydrogen) atoms. The van der Waals surface area contributed by atoms with Gasteiger partial charge >= 0.3 is 0 Å². The molecule has 5 nitrogen and oxygen atoms in total. The average Bonchev–Trinajstić information content (AvgIpc) is 2.40. The normalized spacial score (nSPS) is 17.9. The summed E-state index contributed by atoms with van der Waals surface area (Å²) in [5, 5.41) is 8.67. The van der Waals surface area contributed by atoms with Gasteiger partial charge in [0.05, 0.1) is 6.54 Å². The lowest BCUT2D eigenvalue weighted by Crippen LogP contribution is -2.49. The summed E-state index contributed by atoms with van der Waals surface area (Å²) >= 11 is 0. The van der Waals surface area contributed by atoms with Crippen molar-refractivity contribution in [3.8, 4) is 0 Å². The molecule has 0 aromatic heterocycles. The Hall–Kier alpha value is -1.75. The molecule has 0 spiro atoms. The minimum absolute atomic E-state index is 0. The van der Waals surface area contributed by atoms with Crippen LogP contribution in [0, 0.1) is 0 Å². The first kappa shape index (κ1) is 15.3. The minimum Gasteiger partial charge on any atom is -0.376 e. The lowest BCUT2D eigenvalue weighted by Gasteiger charge is -2.23. The van der Waals surface area contributed by atoms with Crippen molar-refractivity contribution >= 4 is 29.9 Å². The van der Waals surface area contributed by atoms with E-state index in [1.54, 1.807) is 0 Å². The number of anilines is 1. The molecule has 0 aliphatic carbocycles. The fourth-order valence-corrected chi connectivity index (χ4v) is 1.87. The van der Waals surface area contributed by atoms with Crippen LogP contribution in [0.25, 0.3) is 0 Å². The van der Waals surface area contributed by atoms with Crippen LogP contribution in [0.5, 0.6) is 0 Å². The number of halogens is 1. The second-order valence-electron chi connectivity index (χ2n) is 4.33. The van der Waals surface area contributed by atoms with E-state index in [2.05, 4.69) is 16.0 Å². The lowest BCUT2D eigenvalue weighted by atomic mass is 10.1. The Balaban J connectivity index is 0.00000180. The standard InChI is InChI=1S/C13H17N3O2.ClH/c17-12-7-6-11(8-15-12)16-13(18)9-14-10-4-2-1-3-5-10;/h1-5,11,14H,6-9H2,(H,15,17)(H,16,18);1H. The van der Waals surface area contributed by atoms with E-state index in [0.29, 0.717) is 19.4 Å².